The Bertz CT molecular complexity index is 1580. The summed E-state index contributed by atoms with van der Waals surface area (Å²) in [6.07, 6.45) is 0. The van der Waals surface area contributed by atoms with E-state index in [9.17, 15) is 0 Å². The van der Waals surface area contributed by atoms with Crippen molar-refractivity contribution in [1.29, 1.82) is 0 Å². The maximum absolute atomic E-state index is 2.48. The number of hydrogen-bond acceptors (Lipinski definition) is 0. The third-order valence-corrected chi connectivity index (χ3v) is 6.93. The summed E-state index contributed by atoms with van der Waals surface area (Å²) >= 11 is 0. The minimum absolute atomic E-state index is 0.0359. The minimum atomic E-state index is 0.0359. The fourth-order valence-electron chi connectivity index (χ4n) is 5.71. The first kappa shape index (κ1) is 14.7. The quantitative estimate of drug-likeness (QED) is 0.272. The Morgan fingerprint density at radius 2 is 1.36 bits per heavy atom. The Balaban J connectivity index is 1.82. The Hall–Kier alpha value is -3.32. The van der Waals surface area contributed by atoms with Crippen LogP contribution in [-0.2, 0) is 5.41 Å². The number of para-hydroxylation sites is 2. The number of benzene rings is 4. The Labute approximate surface area is 163 Å². The Morgan fingerprint density at radius 1 is 0.607 bits per heavy atom. The van der Waals surface area contributed by atoms with E-state index in [2.05, 4.69) is 97.1 Å². The van der Waals surface area contributed by atoms with Gasteiger partial charge in [0.15, 0.2) is 0 Å². The molecule has 1 nitrogen and oxygen atoms in total. The van der Waals surface area contributed by atoms with Gasteiger partial charge in [0.05, 0.1) is 16.6 Å². The molecule has 0 aliphatic heterocycles. The van der Waals surface area contributed by atoms with Crippen molar-refractivity contribution in [3.05, 3.63) is 90.0 Å². The summed E-state index contributed by atoms with van der Waals surface area (Å²) in [6.45, 7) is 4.71. The molecule has 1 aliphatic carbocycles. The van der Waals surface area contributed by atoms with Crippen molar-refractivity contribution in [3.8, 4) is 11.1 Å². The first-order chi connectivity index (χ1) is 13.7. The molecule has 0 radical (unpaired) electrons. The Morgan fingerprint density at radius 3 is 2.29 bits per heavy atom. The van der Waals surface area contributed by atoms with Gasteiger partial charge in [-0.1, -0.05) is 80.6 Å². The Kier molecular flexibility index (Phi) is 2.39. The number of hydrogen-bond donors (Lipinski definition) is 0. The highest BCUT2D eigenvalue weighted by Crippen LogP contribution is 2.53. The molecular formula is C27H19N. The van der Waals surface area contributed by atoms with Crippen LogP contribution >= 0.6 is 0 Å². The van der Waals surface area contributed by atoms with E-state index in [1.807, 2.05) is 0 Å². The monoisotopic (exact) mass is 357 g/mol. The standard InChI is InChI=1S/C27H19N/c1-27(2)20-12-5-3-9-18(20)24-21(27)14-15-23-25(24)19-11-7-10-17-16-8-4-6-13-22(16)28(23)26(17)19/h3-15H,1-2H3. The molecule has 2 aromatic heterocycles. The molecule has 0 N–H and O–H groups in total. The highest BCUT2D eigenvalue weighted by atomic mass is 14.9. The van der Waals surface area contributed by atoms with Crippen LogP contribution in [0.4, 0.5) is 0 Å². The van der Waals surface area contributed by atoms with E-state index in [-0.39, 0.29) is 5.41 Å². The minimum Gasteiger partial charge on any atom is -0.308 e. The molecule has 2 heterocycles. The van der Waals surface area contributed by atoms with E-state index in [0.29, 0.717) is 0 Å². The molecule has 0 bridgehead atoms. The van der Waals surface area contributed by atoms with Crippen LogP contribution in [0.1, 0.15) is 25.0 Å². The van der Waals surface area contributed by atoms with Crippen LogP contribution in [0.15, 0.2) is 78.9 Å². The molecule has 1 heteroatoms. The summed E-state index contributed by atoms with van der Waals surface area (Å²) in [5.74, 6) is 0. The van der Waals surface area contributed by atoms with E-state index in [0.717, 1.165) is 0 Å². The van der Waals surface area contributed by atoms with E-state index in [4.69, 9.17) is 0 Å². The van der Waals surface area contributed by atoms with Crippen molar-refractivity contribution in [2.75, 3.05) is 0 Å². The molecule has 0 saturated carbocycles. The van der Waals surface area contributed by atoms with Crippen LogP contribution < -0.4 is 0 Å². The molecule has 0 fully saturated rings. The van der Waals surface area contributed by atoms with Gasteiger partial charge in [0.25, 0.3) is 0 Å². The largest absolute Gasteiger partial charge is 0.308 e. The highest BCUT2D eigenvalue weighted by Gasteiger charge is 2.37. The number of fused-ring (bicyclic) bond motifs is 10. The average Bonchev–Trinajstić information content (AvgIpc) is 3.32. The lowest BCUT2D eigenvalue weighted by Gasteiger charge is -2.21. The zero-order valence-corrected chi connectivity index (χ0v) is 16.0. The highest BCUT2D eigenvalue weighted by molar-refractivity contribution is 6.26. The van der Waals surface area contributed by atoms with E-state index >= 15 is 0 Å². The molecule has 132 valence electrons. The number of nitrogens with zero attached hydrogens (tertiary/aromatic N) is 1. The van der Waals surface area contributed by atoms with Crippen LogP contribution in [0.25, 0.3) is 49.2 Å². The van der Waals surface area contributed by atoms with E-state index in [1.165, 1.54) is 60.3 Å². The van der Waals surface area contributed by atoms with Gasteiger partial charge in [-0.05, 0) is 34.4 Å². The predicted octanol–water partition coefficient (Wildman–Crippen LogP) is 7.14. The zero-order valence-electron chi connectivity index (χ0n) is 16.0. The second-order valence-electron chi connectivity index (χ2n) is 8.61. The normalized spacial score (nSPS) is 15.1. The van der Waals surface area contributed by atoms with Gasteiger partial charge in [0, 0.05) is 27.0 Å². The van der Waals surface area contributed by atoms with Gasteiger partial charge in [-0.3, -0.25) is 0 Å². The molecule has 1 aliphatic rings. The predicted molar refractivity (Wildman–Crippen MR) is 119 cm³/mol. The van der Waals surface area contributed by atoms with E-state index < -0.39 is 0 Å². The van der Waals surface area contributed by atoms with Gasteiger partial charge in [0.1, 0.15) is 0 Å². The summed E-state index contributed by atoms with van der Waals surface area (Å²) in [5, 5.41) is 5.46. The van der Waals surface area contributed by atoms with E-state index in [1.54, 1.807) is 0 Å². The van der Waals surface area contributed by atoms with Crippen molar-refractivity contribution in [2.24, 2.45) is 0 Å². The van der Waals surface area contributed by atoms with Crippen LogP contribution in [0.2, 0.25) is 0 Å². The molecule has 4 aromatic carbocycles. The number of aromatic nitrogens is 1. The van der Waals surface area contributed by atoms with Crippen LogP contribution in [0.3, 0.4) is 0 Å². The van der Waals surface area contributed by atoms with Crippen molar-refractivity contribution in [2.45, 2.75) is 19.3 Å². The topological polar surface area (TPSA) is 4.41 Å². The molecule has 0 amide bonds. The van der Waals surface area contributed by atoms with Crippen LogP contribution in [-0.4, -0.2) is 4.40 Å². The second kappa shape index (κ2) is 4.56. The lowest BCUT2D eigenvalue weighted by Crippen LogP contribution is -2.14. The maximum atomic E-state index is 2.48. The first-order valence-electron chi connectivity index (χ1n) is 9.98. The summed E-state index contributed by atoms with van der Waals surface area (Å²) in [6, 6.07) is 29.2. The van der Waals surface area contributed by atoms with Gasteiger partial charge in [-0.15, -0.1) is 0 Å². The van der Waals surface area contributed by atoms with Crippen molar-refractivity contribution in [3.63, 3.8) is 0 Å². The van der Waals surface area contributed by atoms with Crippen molar-refractivity contribution < 1.29 is 0 Å². The van der Waals surface area contributed by atoms with Crippen molar-refractivity contribution in [1.82, 2.24) is 4.40 Å². The molecule has 28 heavy (non-hydrogen) atoms. The maximum Gasteiger partial charge on any atom is 0.0620 e. The first-order valence-corrected chi connectivity index (χ1v) is 9.98. The smallest absolute Gasteiger partial charge is 0.0620 e. The van der Waals surface area contributed by atoms with Gasteiger partial charge in [-0.25, -0.2) is 0 Å². The lowest BCUT2D eigenvalue weighted by molar-refractivity contribution is 0.661. The van der Waals surface area contributed by atoms with Gasteiger partial charge >= 0.3 is 0 Å². The summed E-state index contributed by atoms with van der Waals surface area (Å²) < 4.78 is 2.48. The summed E-state index contributed by atoms with van der Waals surface area (Å²) in [7, 11) is 0. The summed E-state index contributed by atoms with van der Waals surface area (Å²) in [4.78, 5) is 0. The third kappa shape index (κ3) is 1.45. The third-order valence-electron chi connectivity index (χ3n) is 6.93. The van der Waals surface area contributed by atoms with Crippen LogP contribution in [0.5, 0.6) is 0 Å². The molecule has 0 spiro atoms. The van der Waals surface area contributed by atoms with Gasteiger partial charge < -0.3 is 4.40 Å². The fourth-order valence-corrected chi connectivity index (χ4v) is 5.71. The SMILES string of the molecule is CC1(C)c2ccccc2-c2c1ccc1c2c2cccc3c4ccccc4n1c32. The molecule has 0 unspecified atom stereocenters. The second-order valence-corrected chi connectivity index (χ2v) is 8.61. The lowest BCUT2D eigenvalue weighted by atomic mass is 9.82. The molecular weight excluding hydrogens is 338 g/mol. The molecule has 6 aromatic rings. The molecule has 0 atom stereocenters. The fraction of sp³-hybridized carbons (Fsp3) is 0.111. The summed E-state index contributed by atoms with van der Waals surface area (Å²) in [5.41, 5.74) is 9.72. The zero-order chi connectivity index (χ0) is 18.6. The average molecular weight is 357 g/mol. The van der Waals surface area contributed by atoms with Crippen molar-refractivity contribution >= 4 is 38.1 Å². The van der Waals surface area contributed by atoms with Crippen LogP contribution in [0, 0.1) is 0 Å². The molecule has 7 rings (SSSR count). The number of rotatable bonds is 0. The molecule has 0 saturated heterocycles. The van der Waals surface area contributed by atoms with Gasteiger partial charge in [-0.2, -0.15) is 0 Å². The van der Waals surface area contributed by atoms with Gasteiger partial charge in [0.2, 0.25) is 0 Å².